The minimum atomic E-state index is 0.140. The van der Waals surface area contributed by atoms with Crippen molar-refractivity contribution in [3.05, 3.63) is 47.7 Å². The molecule has 7 nitrogen and oxygen atoms in total. The van der Waals surface area contributed by atoms with Crippen LogP contribution in [0.5, 0.6) is 5.75 Å². The summed E-state index contributed by atoms with van der Waals surface area (Å²) in [7, 11) is 3.59. The topological polar surface area (TPSA) is 90.9 Å². The maximum absolute atomic E-state index is 5.95. The third-order valence-corrected chi connectivity index (χ3v) is 4.41. The lowest BCUT2D eigenvalue weighted by atomic mass is 10.1. The number of aromatic nitrogens is 4. The molecule has 0 saturated carbocycles. The number of nitrogens with one attached hydrogen (secondary N) is 1. The normalized spacial score (nSPS) is 12.0. The molecule has 3 N–H and O–H groups in total. The smallest absolute Gasteiger partial charge is 0.222 e. The number of anilines is 2. The second-order valence-electron chi connectivity index (χ2n) is 6.56. The highest BCUT2D eigenvalue weighted by Gasteiger charge is 2.13. The number of para-hydroxylation sites is 1. The molecule has 3 rings (SSSR count). The highest BCUT2D eigenvalue weighted by atomic mass is 16.5. The van der Waals surface area contributed by atoms with Gasteiger partial charge in [0.2, 0.25) is 5.95 Å². The Balaban J connectivity index is 1.80. The van der Waals surface area contributed by atoms with Crippen molar-refractivity contribution < 1.29 is 4.74 Å². The summed E-state index contributed by atoms with van der Waals surface area (Å²) >= 11 is 0. The Hall–Kier alpha value is -3.09. The molecular formula is C20H26N6O. The number of nitrogens with zero attached hydrogens (tertiary/aromatic N) is 4. The van der Waals surface area contributed by atoms with Crippen LogP contribution in [-0.2, 0) is 19.9 Å². The fourth-order valence-electron chi connectivity index (χ4n) is 3.12. The van der Waals surface area contributed by atoms with Gasteiger partial charge in [0.05, 0.1) is 24.2 Å². The van der Waals surface area contributed by atoms with Gasteiger partial charge in [0, 0.05) is 19.2 Å². The Bertz CT molecular complexity index is 921. The van der Waals surface area contributed by atoms with Crippen LogP contribution in [0.3, 0.4) is 0 Å². The van der Waals surface area contributed by atoms with E-state index >= 15 is 0 Å². The van der Waals surface area contributed by atoms with Gasteiger partial charge in [0.15, 0.2) is 0 Å². The predicted octanol–water partition coefficient (Wildman–Crippen LogP) is 3.07. The standard InChI is InChI=1S/C20H26N6O/c1-5-15-11-17(26(3)25-15)16-12-19(24-20(21)23-16)22-13(2)10-14-8-6-7-9-18(14)27-4/h6-9,11-13H,5,10H2,1-4H3,(H3,21,22,23,24). The van der Waals surface area contributed by atoms with Crippen molar-refractivity contribution in [3.8, 4) is 17.1 Å². The van der Waals surface area contributed by atoms with E-state index in [-0.39, 0.29) is 12.0 Å². The van der Waals surface area contributed by atoms with Gasteiger partial charge in [-0.1, -0.05) is 25.1 Å². The molecule has 0 aliphatic rings. The van der Waals surface area contributed by atoms with Gasteiger partial charge in [-0.3, -0.25) is 4.68 Å². The van der Waals surface area contributed by atoms with Crippen molar-refractivity contribution >= 4 is 11.8 Å². The van der Waals surface area contributed by atoms with Crippen LogP contribution in [0, 0.1) is 0 Å². The second-order valence-corrected chi connectivity index (χ2v) is 6.56. The summed E-state index contributed by atoms with van der Waals surface area (Å²) in [6, 6.07) is 12.1. The zero-order chi connectivity index (χ0) is 19.4. The van der Waals surface area contributed by atoms with Gasteiger partial charge in [0.25, 0.3) is 0 Å². The molecule has 0 spiro atoms. The molecule has 0 aliphatic carbocycles. The van der Waals surface area contributed by atoms with E-state index < -0.39 is 0 Å². The Morgan fingerprint density at radius 2 is 2.00 bits per heavy atom. The van der Waals surface area contributed by atoms with E-state index in [1.54, 1.807) is 7.11 Å². The largest absolute Gasteiger partial charge is 0.496 e. The summed E-state index contributed by atoms with van der Waals surface area (Å²) in [6.07, 6.45) is 1.67. The van der Waals surface area contributed by atoms with Crippen LogP contribution in [-0.4, -0.2) is 32.9 Å². The zero-order valence-corrected chi connectivity index (χ0v) is 16.2. The Kier molecular flexibility index (Phi) is 5.59. The van der Waals surface area contributed by atoms with Gasteiger partial charge >= 0.3 is 0 Å². The summed E-state index contributed by atoms with van der Waals surface area (Å²) in [4.78, 5) is 8.71. The SMILES string of the molecule is CCc1cc(-c2cc(NC(C)Cc3ccccc3OC)nc(N)n2)n(C)n1. The number of hydrogen-bond acceptors (Lipinski definition) is 6. The Labute approximate surface area is 159 Å². The molecule has 1 aromatic carbocycles. The van der Waals surface area contributed by atoms with Crippen molar-refractivity contribution in [1.82, 2.24) is 19.7 Å². The Morgan fingerprint density at radius 1 is 1.22 bits per heavy atom. The van der Waals surface area contributed by atoms with E-state index in [2.05, 4.69) is 40.3 Å². The number of ether oxygens (including phenoxy) is 1. The fourth-order valence-corrected chi connectivity index (χ4v) is 3.12. The van der Waals surface area contributed by atoms with Crippen LogP contribution >= 0.6 is 0 Å². The number of nitrogens with two attached hydrogens (primary N) is 1. The van der Waals surface area contributed by atoms with E-state index in [4.69, 9.17) is 10.5 Å². The molecule has 1 atom stereocenters. The number of hydrogen-bond donors (Lipinski definition) is 2. The maximum Gasteiger partial charge on any atom is 0.222 e. The lowest BCUT2D eigenvalue weighted by molar-refractivity contribution is 0.409. The van der Waals surface area contributed by atoms with E-state index in [1.165, 1.54) is 0 Å². The van der Waals surface area contributed by atoms with Crippen molar-refractivity contribution in [2.75, 3.05) is 18.2 Å². The van der Waals surface area contributed by atoms with Crippen LogP contribution < -0.4 is 15.8 Å². The molecule has 0 amide bonds. The van der Waals surface area contributed by atoms with Gasteiger partial charge in [-0.2, -0.15) is 10.1 Å². The molecule has 0 bridgehead atoms. The summed E-state index contributed by atoms with van der Waals surface area (Å²) in [6.45, 7) is 4.18. The van der Waals surface area contributed by atoms with Gasteiger partial charge in [-0.15, -0.1) is 0 Å². The average Bonchev–Trinajstić information content (AvgIpc) is 3.02. The molecule has 0 fully saturated rings. The summed E-state index contributed by atoms with van der Waals surface area (Å²) < 4.78 is 7.26. The van der Waals surface area contributed by atoms with Gasteiger partial charge in [-0.05, 0) is 37.5 Å². The highest BCUT2D eigenvalue weighted by Crippen LogP contribution is 2.23. The van der Waals surface area contributed by atoms with Crippen molar-refractivity contribution in [2.45, 2.75) is 32.7 Å². The quantitative estimate of drug-likeness (QED) is 0.668. The van der Waals surface area contributed by atoms with Gasteiger partial charge < -0.3 is 15.8 Å². The Morgan fingerprint density at radius 3 is 2.70 bits per heavy atom. The molecule has 2 aromatic heterocycles. The van der Waals surface area contributed by atoms with Gasteiger partial charge in [0.1, 0.15) is 11.6 Å². The first-order chi connectivity index (χ1) is 13.0. The zero-order valence-electron chi connectivity index (χ0n) is 16.2. The average molecular weight is 366 g/mol. The number of aryl methyl sites for hydroxylation is 2. The molecule has 1 unspecified atom stereocenters. The van der Waals surface area contributed by atoms with E-state index in [0.29, 0.717) is 5.82 Å². The van der Waals surface area contributed by atoms with Crippen molar-refractivity contribution in [2.24, 2.45) is 7.05 Å². The predicted molar refractivity (Wildman–Crippen MR) is 108 cm³/mol. The molecule has 2 heterocycles. The van der Waals surface area contributed by atoms with Crippen LogP contribution in [0.1, 0.15) is 25.1 Å². The van der Waals surface area contributed by atoms with Crippen molar-refractivity contribution in [3.63, 3.8) is 0 Å². The monoisotopic (exact) mass is 366 g/mol. The van der Waals surface area contributed by atoms with E-state index in [0.717, 1.165) is 41.2 Å². The van der Waals surface area contributed by atoms with Crippen LogP contribution in [0.25, 0.3) is 11.4 Å². The molecule has 7 heteroatoms. The summed E-state index contributed by atoms with van der Waals surface area (Å²) in [5, 5.41) is 7.90. The molecule has 27 heavy (non-hydrogen) atoms. The number of methoxy groups -OCH3 is 1. The first-order valence-corrected chi connectivity index (χ1v) is 9.06. The van der Waals surface area contributed by atoms with Gasteiger partial charge in [-0.25, -0.2) is 4.98 Å². The van der Waals surface area contributed by atoms with Crippen LogP contribution in [0.2, 0.25) is 0 Å². The lowest BCUT2D eigenvalue weighted by Crippen LogP contribution is -2.20. The number of rotatable bonds is 7. The van der Waals surface area contributed by atoms with Crippen LogP contribution in [0.15, 0.2) is 36.4 Å². The summed E-state index contributed by atoms with van der Waals surface area (Å²) in [5.41, 5.74) is 9.78. The third-order valence-electron chi connectivity index (χ3n) is 4.41. The van der Waals surface area contributed by atoms with Crippen LogP contribution in [0.4, 0.5) is 11.8 Å². The van der Waals surface area contributed by atoms with Crippen molar-refractivity contribution in [1.29, 1.82) is 0 Å². The molecule has 3 aromatic rings. The highest BCUT2D eigenvalue weighted by molar-refractivity contribution is 5.61. The lowest BCUT2D eigenvalue weighted by Gasteiger charge is -2.17. The first-order valence-electron chi connectivity index (χ1n) is 9.06. The molecular weight excluding hydrogens is 340 g/mol. The maximum atomic E-state index is 5.95. The molecule has 0 aliphatic heterocycles. The minimum Gasteiger partial charge on any atom is -0.496 e. The van der Waals surface area contributed by atoms with E-state index in [1.807, 2.05) is 42.1 Å². The first kappa shape index (κ1) is 18.7. The van der Waals surface area contributed by atoms with E-state index in [9.17, 15) is 0 Å². The third kappa shape index (κ3) is 4.36. The fraction of sp³-hybridized carbons (Fsp3) is 0.350. The minimum absolute atomic E-state index is 0.140. The number of benzene rings is 1. The molecule has 0 saturated heterocycles. The second kappa shape index (κ2) is 8.07. The number of nitrogen functional groups attached to an aromatic ring is 1. The molecule has 0 radical (unpaired) electrons. The molecule has 142 valence electrons. The summed E-state index contributed by atoms with van der Waals surface area (Å²) in [5.74, 6) is 1.81.